The third kappa shape index (κ3) is 2.99. The molecule has 3 heteroatoms. The average molecular weight is 389 g/mol. The number of aliphatic hydroxyl groups is 1. The van der Waals surface area contributed by atoms with E-state index in [1.807, 2.05) is 0 Å². The minimum Gasteiger partial charge on any atom is -0.462 e. The molecule has 0 aromatic rings. The van der Waals surface area contributed by atoms with Gasteiger partial charge in [0.1, 0.15) is 6.10 Å². The van der Waals surface area contributed by atoms with Crippen LogP contribution in [0.5, 0.6) is 0 Å². The Morgan fingerprint density at radius 3 is 2.43 bits per heavy atom. The van der Waals surface area contributed by atoms with Gasteiger partial charge in [-0.1, -0.05) is 26.8 Å². The molecule has 0 amide bonds. The van der Waals surface area contributed by atoms with E-state index in [2.05, 4.69) is 33.4 Å². The zero-order chi connectivity index (χ0) is 20.3. The molecule has 0 radical (unpaired) electrons. The van der Waals surface area contributed by atoms with Crippen molar-refractivity contribution in [3.05, 3.63) is 12.7 Å². The van der Waals surface area contributed by atoms with E-state index in [0.717, 1.165) is 37.5 Å². The molecule has 0 heterocycles. The maximum atomic E-state index is 11.9. The molecule has 158 valence electrons. The first-order valence-corrected chi connectivity index (χ1v) is 11.7. The van der Waals surface area contributed by atoms with Crippen LogP contribution in [0.25, 0.3) is 0 Å². The van der Waals surface area contributed by atoms with Gasteiger partial charge < -0.3 is 9.84 Å². The van der Waals surface area contributed by atoms with Crippen LogP contribution in [0.2, 0.25) is 0 Å². The van der Waals surface area contributed by atoms with E-state index in [9.17, 15) is 9.90 Å². The predicted octanol–water partition coefficient (Wildman–Crippen LogP) is 5.37. The molecule has 0 spiro atoms. The van der Waals surface area contributed by atoms with Gasteiger partial charge in [0.2, 0.25) is 0 Å². The van der Waals surface area contributed by atoms with Gasteiger partial charge in [-0.3, -0.25) is 4.79 Å². The van der Waals surface area contributed by atoms with Crippen LogP contribution < -0.4 is 0 Å². The molecular weight excluding hydrogens is 348 g/mol. The molecule has 1 N–H and O–H groups in total. The summed E-state index contributed by atoms with van der Waals surface area (Å²) in [6.45, 7) is 13.0. The van der Waals surface area contributed by atoms with Crippen LogP contribution in [0, 0.1) is 46.3 Å². The van der Waals surface area contributed by atoms with Gasteiger partial charge in [0, 0.05) is 12.8 Å². The van der Waals surface area contributed by atoms with E-state index >= 15 is 0 Å². The highest BCUT2D eigenvalue weighted by Crippen LogP contribution is 2.68. The highest BCUT2D eigenvalue weighted by Gasteiger charge is 2.63. The molecule has 10 atom stereocenters. The molecule has 4 aliphatic rings. The van der Waals surface area contributed by atoms with Crippen LogP contribution in [0.3, 0.4) is 0 Å². The Morgan fingerprint density at radius 1 is 1.07 bits per heavy atom. The molecule has 4 fully saturated rings. The Kier molecular flexibility index (Phi) is 5.22. The summed E-state index contributed by atoms with van der Waals surface area (Å²) in [6.07, 6.45) is 11.0. The molecule has 0 aliphatic heterocycles. The lowest BCUT2D eigenvalue weighted by atomic mass is 9.43. The number of esters is 1. The quantitative estimate of drug-likeness (QED) is 0.522. The first-order chi connectivity index (χ1) is 13.2. The first-order valence-electron chi connectivity index (χ1n) is 11.7. The molecular formula is C25H40O3. The molecule has 28 heavy (non-hydrogen) atoms. The maximum absolute atomic E-state index is 11.9. The van der Waals surface area contributed by atoms with Crippen molar-refractivity contribution in [3.8, 4) is 0 Å². The van der Waals surface area contributed by atoms with Gasteiger partial charge in [0.05, 0.1) is 6.10 Å². The van der Waals surface area contributed by atoms with Gasteiger partial charge in [0.15, 0.2) is 0 Å². The van der Waals surface area contributed by atoms with Crippen molar-refractivity contribution in [3.63, 3.8) is 0 Å². The Hall–Kier alpha value is -0.830. The number of allylic oxidation sites excluding steroid dienone is 1. The first kappa shape index (κ1) is 20.4. The zero-order valence-corrected chi connectivity index (χ0v) is 18.3. The molecule has 4 saturated carbocycles. The van der Waals surface area contributed by atoms with Crippen molar-refractivity contribution in [2.45, 2.75) is 91.3 Å². The number of fused-ring (bicyclic) bond motifs is 5. The third-order valence-electron chi connectivity index (χ3n) is 10.0. The van der Waals surface area contributed by atoms with Crippen LogP contribution in [0.1, 0.15) is 79.1 Å². The lowest BCUT2D eigenvalue weighted by Crippen LogP contribution is -2.59. The minimum atomic E-state index is -0.231. The van der Waals surface area contributed by atoms with Crippen LogP contribution in [0.4, 0.5) is 0 Å². The fraction of sp³-hybridized carbons (Fsp3) is 0.880. The molecule has 4 rings (SSSR count). The summed E-state index contributed by atoms with van der Waals surface area (Å²) >= 11 is 0. The summed E-state index contributed by atoms with van der Waals surface area (Å²) in [4.78, 5) is 11.9. The van der Waals surface area contributed by atoms with Crippen molar-refractivity contribution in [2.24, 2.45) is 46.3 Å². The lowest BCUT2D eigenvalue weighted by molar-refractivity contribution is -0.192. The van der Waals surface area contributed by atoms with Gasteiger partial charge in [-0.2, -0.15) is 0 Å². The largest absolute Gasteiger partial charge is 0.462 e. The molecule has 0 bridgehead atoms. The molecule has 3 unspecified atom stereocenters. The van der Waals surface area contributed by atoms with Gasteiger partial charge in [-0.15, -0.1) is 6.58 Å². The van der Waals surface area contributed by atoms with Crippen LogP contribution in [0.15, 0.2) is 12.7 Å². The van der Waals surface area contributed by atoms with E-state index in [0.29, 0.717) is 29.1 Å². The normalized spacial score (nSPS) is 51.4. The van der Waals surface area contributed by atoms with Gasteiger partial charge in [0.25, 0.3) is 0 Å². The smallest absolute Gasteiger partial charge is 0.302 e. The fourth-order valence-corrected chi connectivity index (χ4v) is 8.66. The summed E-state index contributed by atoms with van der Waals surface area (Å²) < 4.78 is 5.93. The fourth-order valence-electron chi connectivity index (χ4n) is 8.66. The van der Waals surface area contributed by atoms with Crippen LogP contribution >= 0.6 is 0 Å². The number of carbonyl (C=O) groups is 1. The van der Waals surface area contributed by atoms with Crippen molar-refractivity contribution < 1.29 is 14.6 Å². The third-order valence-corrected chi connectivity index (χ3v) is 10.0. The molecule has 4 aliphatic carbocycles. The van der Waals surface area contributed by atoms with Crippen LogP contribution in [-0.4, -0.2) is 23.3 Å². The van der Waals surface area contributed by atoms with Crippen molar-refractivity contribution >= 4 is 5.97 Å². The van der Waals surface area contributed by atoms with Gasteiger partial charge in [-0.05, 0) is 91.8 Å². The van der Waals surface area contributed by atoms with Crippen molar-refractivity contribution in [1.29, 1.82) is 0 Å². The number of hydrogen-bond acceptors (Lipinski definition) is 3. The standard InChI is InChI=1S/C25H40O3/c1-6-15(2)19-7-8-20-18-14-23(28-16(3)26)22-13-17(27)9-11-25(22,5)21(18)10-12-24(19,20)4/h6,15,17-23,27H,1,7-14H2,2-5H3/t15-,17-,18?,19-,20?,21?,22+,23+,24-,25-/m1/s1. The second kappa shape index (κ2) is 7.15. The number of rotatable bonds is 3. The number of ether oxygens (including phenoxy) is 1. The summed E-state index contributed by atoms with van der Waals surface area (Å²) in [5, 5.41) is 10.4. The SMILES string of the molecule is C=C[C@@H](C)[C@H]1CCC2C3C[C@H](OC(C)=O)[C@@H]4C[C@H](O)CC[C@]4(C)C3CC[C@@]21C. The Labute approximate surface area is 171 Å². The van der Waals surface area contributed by atoms with Crippen molar-refractivity contribution in [1.82, 2.24) is 0 Å². The summed E-state index contributed by atoms with van der Waals surface area (Å²) in [6, 6.07) is 0. The highest BCUT2D eigenvalue weighted by molar-refractivity contribution is 5.66. The molecule has 0 saturated heterocycles. The lowest BCUT2D eigenvalue weighted by Gasteiger charge is -2.62. The Bertz CT molecular complexity index is 629. The van der Waals surface area contributed by atoms with E-state index in [1.165, 1.54) is 25.7 Å². The number of aliphatic hydroxyl groups excluding tert-OH is 1. The van der Waals surface area contributed by atoms with Crippen molar-refractivity contribution in [2.75, 3.05) is 0 Å². The summed E-state index contributed by atoms with van der Waals surface area (Å²) in [5.41, 5.74) is 0.596. The van der Waals surface area contributed by atoms with E-state index in [-0.39, 0.29) is 23.6 Å². The summed E-state index contributed by atoms with van der Waals surface area (Å²) in [7, 11) is 0. The predicted molar refractivity (Wildman–Crippen MR) is 112 cm³/mol. The number of carbonyl (C=O) groups excluding carboxylic acids is 1. The zero-order valence-electron chi connectivity index (χ0n) is 18.3. The van der Waals surface area contributed by atoms with Gasteiger partial charge in [-0.25, -0.2) is 0 Å². The monoisotopic (exact) mass is 388 g/mol. The Balaban J connectivity index is 1.67. The maximum Gasteiger partial charge on any atom is 0.302 e. The van der Waals surface area contributed by atoms with E-state index < -0.39 is 0 Å². The second-order valence-electron chi connectivity index (χ2n) is 11.1. The van der Waals surface area contributed by atoms with Crippen LogP contribution in [-0.2, 0) is 9.53 Å². The van der Waals surface area contributed by atoms with Gasteiger partial charge >= 0.3 is 5.97 Å². The highest BCUT2D eigenvalue weighted by atomic mass is 16.5. The Morgan fingerprint density at radius 2 is 1.75 bits per heavy atom. The van der Waals surface area contributed by atoms with E-state index in [4.69, 9.17) is 4.74 Å². The minimum absolute atomic E-state index is 0.0167. The molecule has 0 aromatic carbocycles. The number of hydrogen-bond donors (Lipinski definition) is 1. The topological polar surface area (TPSA) is 46.5 Å². The molecule has 0 aromatic heterocycles. The second-order valence-corrected chi connectivity index (χ2v) is 11.1. The summed E-state index contributed by atoms with van der Waals surface area (Å²) in [5.74, 6) is 3.58. The molecule has 3 nitrogen and oxygen atoms in total. The van der Waals surface area contributed by atoms with E-state index in [1.54, 1.807) is 6.92 Å². The average Bonchev–Trinajstić information content (AvgIpc) is 2.99.